The number of aromatic nitrogens is 3. The van der Waals surface area contributed by atoms with Crippen molar-refractivity contribution in [3.8, 4) is 11.1 Å². The van der Waals surface area contributed by atoms with Crippen LogP contribution in [0, 0.1) is 0 Å². The average molecular weight is 495 g/mol. The lowest BCUT2D eigenvalue weighted by Gasteiger charge is -2.17. The Labute approximate surface area is 212 Å². The first-order valence-corrected chi connectivity index (χ1v) is 12.5. The minimum atomic E-state index is -0.0977. The zero-order chi connectivity index (χ0) is 24.9. The Balaban J connectivity index is 1.30. The lowest BCUT2D eigenvalue weighted by molar-refractivity contribution is 0.0966. The van der Waals surface area contributed by atoms with Gasteiger partial charge in [0, 0.05) is 42.8 Å². The van der Waals surface area contributed by atoms with Gasteiger partial charge in [0.1, 0.15) is 11.4 Å². The zero-order valence-corrected chi connectivity index (χ0v) is 20.4. The largest absolute Gasteiger partial charge is 0.464 e. The first kappa shape index (κ1) is 22.0. The molecule has 1 atom stereocenters. The van der Waals surface area contributed by atoms with Gasteiger partial charge in [0.05, 0.1) is 41.5 Å². The number of pyridine rings is 2. The summed E-state index contributed by atoms with van der Waals surface area (Å²) < 4.78 is 13.1. The van der Waals surface area contributed by atoms with Crippen LogP contribution in [0.25, 0.3) is 27.6 Å². The number of ether oxygens (including phenoxy) is 1. The van der Waals surface area contributed by atoms with Crippen LogP contribution in [0.5, 0.6) is 0 Å². The van der Waals surface area contributed by atoms with E-state index < -0.39 is 0 Å². The van der Waals surface area contributed by atoms with Crippen molar-refractivity contribution in [2.75, 3.05) is 25.6 Å². The number of amides is 1. The fraction of sp³-hybridized carbons (Fsp3) is 0.250. The van der Waals surface area contributed by atoms with E-state index in [0.717, 1.165) is 64.2 Å². The summed E-state index contributed by atoms with van der Waals surface area (Å²) in [4.78, 5) is 17.9. The number of fused-ring (bicyclic) bond motifs is 4. The average Bonchev–Trinajstić information content (AvgIpc) is 3.71. The first-order chi connectivity index (χ1) is 18.2. The monoisotopic (exact) mass is 494 g/mol. The van der Waals surface area contributed by atoms with Crippen molar-refractivity contribution in [2.24, 2.45) is 0 Å². The predicted octanol–water partition coefficient (Wildman–Crippen LogP) is 4.35. The molecule has 0 aliphatic carbocycles. The Morgan fingerprint density at radius 1 is 1.16 bits per heavy atom. The molecule has 6 heterocycles. The van der Waals surface area contributed by atoms with Crippen molar-refractivity contribution in [3.05, 3.63) is 77.4 Å². The van der Waals surface area contributed by atoms with Crippen LogP contribution in [0.1, 0.15) is 39.5 Å². The van der Waals surface area contributed by atoms with Crippen LogP contribution >= 0.6 is 0 Å². The second-order valence-corrected chi connectivity index (χ2v) is 9.51. The minimum absolute atomic E-state index is 0.0977. The number of hydrogen-bond acceptors (Lipinski definition) is 7. The van der Waals surface area contributed by atoms with Crippen molar-refractivity contribution >= 4 is 33.9 Å². The maximum Gasteiger partial charge on any atom is 0.254 e. The quantitative estimate of drug-likeness (QED) is 0.322. The highest BCUT2D eigenvalue weighted by Crippen LogP contribution is 2.39. The Bertz CT molecular complexity index is 1660. The number of rotatable bonds is 6. The van der Waals surface area contributed by atoms with Crippen LogP contribution in [-0.4, -0.2) is 40.8 Å². The molecule has 4 aromatic heterocycles. The highest BCUT2D eigenvalue weighted by atomic mass is 16.5. The van der Waals surface area contributed by atoms with Gasteiger partial charge >= 0.3 is 0 Å². The molecule has 1 saturated heterocycles. The number of benzene rings is 1. The summed E-state index contributed by atoms with van der Waals surface area (Å²) in [6.07, 6.45) is 6.43. The van der Waals surface area contributed by atoms with E-state index in [1.54, 1.807) is 6.26 Å². The van der Waals surface area contributed by atoms with Gasteiger partial charge in [0.25, 0.3) is 5.91 Å². The molecule has 9 heteroatoms. The van der Waals surface area contributed by atoms with Gasteiger partial charge in [-0.3, -0.25) is 4.79 Å². The van der Waals surface area contributed by atoms with E-state index in [2.05, 4.69) is 33.2 Å². The van der Waals surface area contributed by atoms with Crippen LogP contribution in [0.3, 0.4) is 0 Å². The SMILES string of the molecule is CNCc1nc(Nc2ccc(-c3cnn4ccc5occc5c34)c3c2C(=O)NC3)ccc1[C@H]1CCOC1. The first-order valence-electron chi connectivity index (χ1n) is 12.5. The van der Waals surface area contributed by atoms with Crippen molar-refractivity contribution in [1.82, 2.24) is 25.2 Å². The van der Waals surface area contributed by atoms with Crippen LogP contribution in [-0.2, 0) is 17.8 Å². The smallest absolute Gasteiger partial charge is 0.254 e. The van der Waals surface area contributed by atoms with Gasteiger partial charge in [-0.1, -0.05) is 12.1 Å². The lowest BCUT2D eigenvalue weighted by Crippen LogP contribution is -2.15. The summed E-state index contributed by atoms with van der Waals surface area (Å²) in [7, 11) is 1.92. The number of nitrogens with zero attached hydrogens (tertiary/aromatic N) is 3. The third kappa shape index (κ3) is 3.58. The summed E-state index contributed by atoms with van der Waals surface area (Å²) in [6, 6.07) is 12.0. The van der Waals surface area contributed by atoms with Crippen molar-refractivity contribution in [2.45, 2.75) is 25.4 Å². The molecule has 3 N–H and O–H groups in total. The van der Waals surface area contributed by atoms with Gasteiger partial charge in [-0.05, 0) is 54.4 Å². The van der Waals surface area contributed by atoms with Gasteiger partial charge in [0.15, 0.2) is 0 Å². The van der Waals surface area contributed by atoms with Crippen molar-refractivity contribution in [1.29, 1.82) is 0 Å². The lowest BCUT2D eigenvalue weighted by atomic mass is 9.95. The molecular weight excluding hydrogens is 468 g/mol. The number of nitrogens with one attached hydrogen (secondary N) is 3. The molecule has 0 bridgehead atoms. The summed E-state index contributed by atoms with van der Waals surface area (Å²) in [5.74, 6) is 0.977. The van der Waals surface area contributed by atoms with Crippen LogP contribution in [0.4, 0.5) is 11.5 Å². The molecule has 37 heavy (non-hydrogen) atoms. The fourth-order valence-corrected chi connectivity index (χ4v) is 5.61. The van der Waals surface area contributed by atoms with Crippen molar-refractivity contribution < 1.29 is 13.9 Å². The van der Waals surface area contributed by atoms with E-state index in [-0.39, 0.29) is 5.91 Å². The van der Waals surface area contributed by atoms with E-state index >= 15 is 0 Å². The molecular formula is C28H26N6O3. The topological polar surface area (TPSA) is 106 Å². The minimum Gasteiger partial charge on any atom is -0.464 e. The molecule has 0 spiro atoms. The van der Waals surface area contributed by atoms with Gasteiger partial charge in [-0.2, -0.15) is 5.10 Å². The second kappa shape index (κ2) is 8.72. The molecule has 0 saturated carbocycles. The Morgan fingerprint density at radius 2 is 2.11 bits per heavy atom. The number of anilines is 2. The molecule has 1 fully saturated rings. The maximum absolute atomic E-state index is 13.0. The third-order valence-corrected chi connectivity index (χ3v) is 7.35. The van der Waals surface area contributed by atoms with E-state index in [1.807, 2.05) is 48.2 Å². The molecule has 2 aliphatic heterocycles. The highest BCUT2D eigenvalue weighted by Gasteiger charge is 2.28. The highest BCUT2D eigenvalue weighted by molar-refractivity contribution is 6.08. The number of carbonyl (C=O) groups is 1. The summed E-state index contributed by atoms with van der Waals surface area (Å²) in [5, 5.41) is 15.2. The van der Waals surface area contributed by atoms with Gasteiger partial charge < -0.3 is 25.1 Å². The maximum atomic E-state index is 13.0. The Hall–Kier alpha value is -4.21. The molecule has 5 aromatic rings. The van der Waals surface area contributed by atoms with E-state index in [0.29, 0.717) is 30.4 Å². The molecule has 1 amide bonds. The summed E-state index contributed by atoms with van der Waals surface area (Å²) in [5.41, 5.74) is 8.23. The number of furan rings is 1. The Kier molecular flexibility index (Phi) is 5.19. The van der Waals surface area contributed by atoms with Crippen LogP contribution in [0.2, 0.25) is 0 Å². The second-order valence-electron chi connectivity index (χ2n) is 9.51. The van der Waals surface area contributed by atoms with Crippen LogP contribution in [0.15, 0.2) is 59.5 Å². The normalized spacial score (nSPS) is 17.0. The van der Waals surface area contributed by atoms with Gasteiger partial charge in [-0.15, -0.1) is 0 Å². The van der Waals surface area contributed by atoms with E-state index in [4.69, 9.17) is 14.1 Å². The molecule has 7 rings (SSSR count). The summed E-state index contributed by atoms with van der Waals surface area (Å²) in [6.45, 7) is 2.64. The van der Waals surface area contributed by atoms with Crippen molar-refractivity contribution in [3.63, 3.8) is 0 Å². The predicted molar refractivity (Wildman–Crippen MR) is 140 cm³/mol. The fourth-order valence-electron chi connectivity index (χ4n) is 5.61. The van der Waals surface area contributed by atoms with E-state index in [9.17, 15) is 4.79 Å². The van der Waals surface area contributed by atoms with Gasteiger partial charge in [-0.25, -0.2) is 9.50 Å². The van der Waals surface area contributed by atoms with Gasteiger partial charge in [0.2, 0.25) is 0 Å². The standard InChI is InChI=1S/C28H26N6O3/c1-29-14-23-17(16-7-10-36-15-16)3-5-25(33-23)32-22-4-2-18(20-12-30-28(35)26(20)22)21-13-31-34-9-6-24-19(27(21)34)8-11-37-24/h2-6,8-9,11,13,16,29H,7,10,12,14-15H2,1H3,(H,30,35)(H,32,33)/t16-/m0/s1. The molecule has 0 unspecified atom stereocenters. The number of carbonyl (C=O) groups excluding carboxylic acids is 1. The zero-order valence-electron chi connectivity index (χ0n) is 20.4. The molecule has 9 nitrogen and oxygen atoms in total. The molecule has 186 valence electrons. The van der Waals surface area contributed by atoms with Crippen LogP contribution < -0.4 is 16.0 Å². The van der Waals surface area contributed by atoms with E-state index in [1.165, 1.54) is 5.56 Å². The molecule has 2 aliphatic rings. The molecule has 0 radical (unpaired) electrons. The summed E-state index contributed by atoms with van der Waals surface area (Å²) >= 11 is 0. The molecule has 1 aromatic carbocycles. The number of hydrogen-bond donors (Lipinski definition) is 3. The Morgan fingerprint density at radius 3 is 2.97 bits per heavy atom. The third-order valence-electron chi connectivity index (χ3n) is 7.35.